The fraction of sp³-hybridized carbons (Fsp3) is 0.900. The highest BCUT2D eigenvalue weighted by atomic mass is 16.5. The average molecular weight is 199 g/mol. The SMILES string of the molecule is COCC(NC1CC1)(C(=O)O)C1CC1. The van der Waals surface area contributed by atoms with Gasteiger partial charge >= 0.3 is 5.97 Å². The van der Waals surface area contributed by atoms with Gasteiger partial charge in [0.05, 0.1) is 6.61 Å². The summed E-state index contributed by atoms with van der Waals surface area (Å²) in [6, 6.07) is 0.404. The lowest BCUT2D eigenvalue weighted by atomic mass is 9.94. The summed E-state index contributed by atoms with van der Waals surface area (Å²) in [5.74, 6) is -0.491. The van der Waals surface area contributed by atoms with Crippen molar-refractivity contribution in [2.45, 2.75) is 37.3 Å². The summed E-state index contributed by atoms with van der Waals surface area (Å²) in [5, 5.41) is 12.5. The first-order chi connectivity index (χ1) is 6.69. The van der Waals surface area contributed by atoms with Crippen LogP contribution in [0.4, 0.5) is 0 Å². The van der Waals surface area contributed by atoms with Crippen molar-refractivity contribution in [1.82, 2.24) is 5.32 Å². The van der Waals surface area contributed by atoms with Gasteiger partial charge in [-0.2, -0.15) is 0 Å². The zero-order valence-corrected chi connectivity index (χ0v) is 8.45. The van der Waals surface area contributed by atoms with Crippen molar-refractivity contribution in [2.75, 3.05) is 13.7 Å². The van der Waals surface area contributed by atoms with E-state index in [1.54, 1.807) is 7.11 Å². The first kappa shape index (κ1) is 9.93. The van der Waals surface area contributed by atoms with Crippen LogP contribution in [0.15, 0.2) is 0 Å². The second kappa shape index (κ2) is 3.51. The van der Waals surface area contributed by atoms with Gasteiger partial charge in [0.25, 0.3) is 0 Å². The number of nitrogens with one attached hydrogen (secondary N) is 1. The Bertz CT molecular complexity index is 236. The van der Waals surface area contributed by atoms with Crippen molar-refractivity contribution in [3.63, 3.8) is 0 Å². The van der Waals surface area contributed by atoms with Crippen LogP contribution in [0, 0.1) is 5.92 Å². The number of hydrogen-bond acceptors (Lipinski definition) is 3. The first-order valence-corrected chi connectivity index (χ1v) is 5.19. The van der Waals surface area contributed by atoms with Crippen LogP contribution in [-0.4, -0.2) is 36.4 Å². The average Bonchev–Trinajstić information content (AvgIpc) is 2.98. The van der Waals surface area contributed by atoms with E-state index in [0.717, 1.165) is 25.7 Å². The molecule has 2 saturated carbocycles. The van der Waals surface area contributed by atoms with E-state index in [-0.39, 0.29) is 12.5 Å². The molecule has 0 aliphatic heterocycles. The quantitative estimate of drug-likeness (QED) is 0.658. The van der Waals surface area contributed by atoms with Crippen molar-refractivity contribution < 1.29 is 14.6 Å². The number of methoxy groups -OCH3 is 1. The summed E-state index contributed by atoms with van der Waals surface area (Å²) in [6.45, 7) is 0.281. The second-order valence-corrected chi connectivity index (χ2v) is 4.40. The molecule has 0 radical (unpaired) electrons. The van der Waals surface area contributed by atoms with Crippen LogP contribution in [0.25, 0.3) is 0 Å². The van der Waals surface area contributed by atoms with Gasteiger partial charge in [-0.1, -0.05) is 0 Å². The molecule has 0 aromatic heterocycles. The van der Waals surface area contributed by atoms with Gasteiger partial charge < -0.3 is 9.84 Å². The van der Waals surface area contributed by atoms with Crippen LogP contribution in [0.1, 0.15) is 25.7 Å². The highest BCUT2D eigenvalue weighted by Crippen LogP contribution is 2.42. The molecule has 2 N–H and O–H groups in total. The summed E-state index contributed by atoms with van der Waals surface area (Å²) in [4.78, 5) is 11.3. The normalized spacial score (nSPS) is 25.8. The van der Waals surface area contributed by atoms with Gasteiger partial charge in [0.15, 0.2) is 0 Å². The standard InChI is InChI=1S/C10H17NO3/c1-14-6-10(9(12)13,7-2-3-7)11-8-4-5-8/h7-8,11H,2-6H2,1H3,(H,12,13). The molecule has 0 aromatic carbocycles. The summed E-state index contributed by atoms with van der Waals surface area (Å²) in [5.41, 5.74) is -0.810. The van der Waals surface area contributed by atoms with Crippen molar-refractivity contribution >= 4 is 5.97 Å². The minimum Gasteiger partial charge on any atom is -0.480 e. The first-order valence-electron chi connectivity index (χ1n) is 5.19. The summed E-state index contributed by atoms with van der Waals surface area (Å²) < 4.78 is 5.06. The Hall–Kier alpha value is -0.610. The topological polar surface area (TPSA) is 58.6 Å². The third-order valence-corrected chi connectivity index (χ3v) is 3.07. The van der Waals surface area contributed by atoms with E-state index in [1.165, 1.54) is 0 Å². The second-order valence-electron chi connectivity index (χ2n) is 4.40. The van der Waals surface area contributed by atoms with E-state index in [4.69, 9.17) is 4.74 Å². The fourth-order valence-corrected chi connectivity index (χ4v) is 1.97. The molecule has 1 atom stereocenters. The predicted molar refractivity (Wildman–Crippen MR) is 51.1 cm³/mol. The summed E-state index contributed by atoms with van der Waals surface area (Å²) in [6.07, 6.45) is 4.22. The molecular weight excluding hydrogens is 182 g/mol. The predicted octanol–water partition coefficient (Wildman–Crippen LogP) is 0.618. The van der Waals surface area contributed by atoms with Crippen molar-refractivity contribution in [2.24, 2.45) is 5.92 Å². The molecule has 0 saturated heterocycles. The van der Waals surface area contributed by atoms with Gasteiger partial charge in [-0.05, 0) is 31.6 Å². The van der Waals surface area contributed by atoms with Crippen LogP contribution in [0.3, 0.4) is 0 Å². The molecule has 0 bridgehead atoms. The Balaban J connectivity index is 2.08. The van der Waals surface area contributed by atoms with Crippen molar-refractivity contribution in [3.8, 4) is 0 Å². The molecule has 4 nitrogen and oxygen atoms in total. The zero-order valence-electron chi connectivity index (χ0n) is 8.45. The maximum atomic E-state index is 11.3. The molecule has 2 aliphatic rings. The summed E-state index contributed by atoms with van der Waals surface area (Å²) in [7, 11) is 1.56. The Morgan fingerprint density at radius 3 is 2.50 bits per heavy atom. The van der Waals surface area contributed by atoms with Crippen LogP contribution < -0.4 is 5.32 Å². The van der Waals surface area contributed by atoms with E-state index >= 15 is 0 Å². The lowest BCUT2D eigenvalue weighted by Gasteiger charge is -2.30. The Morgan fingerprint density at radius 1 is 1.50 bits per heavy atom. The van der Waals surface area contributed by atoms with Crippen LogP contribution in [0.2, 0.25) is 0 Å². The number of rotatable bonds is 6. The number of hydrogen-bond donors (Lipinski definition) is 2. The van der Waals surface area contributed by atoms with Gasteiger partial charge in [-0.3, -0.25) is 10.1 Å². The maximum Gasteiger partial charge on any atom is 0.326 e. The molecule has 0 spiro atoms. The monoisotopic (exact) mass is 199 g/mol. The molecular formula is C10H17NO3. The van der Waals surface area contributed by atoms with Crippen LogP contribution in [-0.2, 0) is 9.53 Å². The van der Waals surface area contributed by atoms with E-state index in [1.807, 2.05) is 0 Å². The Kier molecular flexibility index (Phi) is 2.49. The van der Waals surface area contributed by atoms with Gasteiger partial charge in [-0.15, -0.1) is 0 Å². The molecule has 80 valence electrons. The maximum absolute atomic E-state index is 11.3. The largest absolute Gasteiger partial charge is 0.480 e. The number of aliphatic carboxylic acids is 1. The number of carboxylic acids is 1. The molecule has 14 heavy (non-hydrogen) atoms. The van der Waals surface area contributed by atoms with Crippen molar-refractivity contribution in [3.05, 3.63) is 0 Å². The highest BCUT2D eigenvalue weighted by molar-refractivity contribution is 5.80. The minimum absolute atomic E-state index is 0.264. The molecule has 0 heterocycles. The van der Waals surface area contributed by atoms with E-state index in [2.05, 4.69) is 5.32 Å². The third kappa shape index (κ3) is 1.77. The molecule has 0 aromatic rings. The molecule has 2 rings (SSSR count). The smallest absolute Gasteiger partial charge is 0.326 e. The fourth-order valence-electron chi connectivity index (χ4n) is 1.97. The van der Waals surface area contributed by atoms with E-state index in [9.17, 15) is 9.90 Å². The number of carboxylic acid groups (broad SMARTS) is 1. The molecule has 2 fully saturated rings. The summed E-state index contributed by atoms with van der Waals surface area (Å²) >= 11 is 0. The molecule has 1 unspecified atom stereocenters. The lowest BCUT2D eigenvalue weighted by Crippen LogP contribution is -2.58. The van der Waals surface area contributed by atoms with E-state index < -0.39 is 11.5 Å². The van der Waals surface area contributed by atoms with Crippen LogP contribution >= 0.6 is 0 Å². The Morgan fingerprint density at radius 2 is 2.14 bits per heavy atom. The highest BCUT2D eigenvalue weighted by Gasteiger charge is 2.53. The van der Waals surface area contributed by atoms with Gasteiger partial charge in [-0.25, -0.2) is 0 Å². The minimum atomic E-state index is -0.810. The number of ether oxygens (including phenoxy) is 1. The van der Waals surface area contributed by atoms with Crippen LogP contribution in [0.5, 0.6) is 0 Å². The van der Waals surface area contributed by atoms with Crippen molar-refractivity contribution in [1.29, 1.82) is 0 Å². The molecule has 2 aliphatic carbocycles. The molecule has 0 amide bonds. The Labute approximate surface area is 83.6 Å². The van der Waals surface area contributed by atoms with Gasteiger partial charge in [0.1, 0.15) is 5.54 Å². The third-order valence-electron chi connectivity index (χ3n) is 3.07. The van der Waals surface area contributed by atoms with Gasteiger partial charge in [0, 0.05) is 13.2 Å². The zero-order chi connectivity index (χ0) is 10.2. The molecule has 4 heteroatoms. The number of carbonyl (C=O) groups is 1. The van der Waals surface area contributed by atoms with Gasteiger partial charge in [0.2, 0.25) is 0 Å². The van der Waals surface area contributed by atoms with E-state index in [0.29, 0.717) is 6.04 Å². The lowest BCUT2D eigenvalue weighted by molar-refractivity contribution is -0.148.